The summed E-state index contributed by atoms with van der Waals surface area (Å²) in [4.78, 5) is 37.1. The van der Waals surface area contributed by atoms with E-state index in [9.17, 15) is 19.5 Å². The molecule has 1 aromatic rings. The van der Waals surface area contributed by atoms with Gasteiger partial charge in [0.1, 0.15) is 6.10 Å². The van der Waals surface area contributed by atoms with Gasteiger partial charge >= 0.3 is 0 Å². The predicted molar refractivity (Wildman–Crippen MR) is 129 cm³/mol. The van der Waals surface area contributed by atoms with Crippen LogP contribution in [0.4, 0.5) is 0 Å². The molecule has 1 spiro atoms. The van der Waals surface area contributed by atoms with Gasteiger partial charge in [0.2, 0.25) is 5.91 Å². The van der Waals surface area contributed by atoms with Crippen LogP contribution < -0.4 is 10.1 Å². The average Bonchev–Trinajstić information content (AvgIpc) is 3.31. The highest BCUT2D eigenvalue weighted by atomic mass is 16.5. The molecule has 3 heterocycles. The van der Waals surface area contributed by atoms with E-state index in [0.717, 1.165) is 47.8 Å². The quantitative estimate of drug-likeness (QED) is 0.507. The van der Waals surface area contributed by atoms with Gasteiger partial charge in [-0.1, -0.05) is 12.2 Å². The fourth-order valence-electron chi connectivity index (χ4n) is 7.69. The summed E-state index contributed by atoms with van der Waals surface area (Å²) in [5.74, 6) is 0.423. The molecule has 1 saturated carbocycles. The van der Waals surface area contributed by atoms with E-state index in [-0.39, 0.29) is 47.6 Å². The lowest BCUT2D eigenvalue weighted by atomic mass is 9.50. The highest BCUT2D eigenvalue weighted by molar-refractivity contribution is 6.13. The van der Waals surface area contributed by atoms with Crippen molar-refractivity contribution in [1.82, 2.24) is 10.2 Å². The second-order valence-corrected chi connectivity index (χ2v) is 11.3. The van der Waals surface area contributed by atoms with Gasteiger partial charge in [0, 0.05) is 49.9 Å². The summed E-state index contributed by atoms with van der Waals surface area (Å²) in [6, 6.07) is 2.07. The summed E-state index contributed by atoms with van der Waals surface area (Å²) in [6.07, 6.45) is 9.82. The number of ether oxygens (including phenoxy) is 1. The number of likely N-dealkylation sites (tertiary alicyclic amines) is 1. The average molecular weight is 479 g/mol. The van der Waals surface area contributed by atoms with Crippen molar-refractivity contribution >= 4 is 23.8 Å². The molecule has 5 atom stereocenters. The number of carbonyl (C=O) groups is 3. The molecule has 184 valence electrons. The first-order chi connectivity index (χ1) is 16.6. The number of piperidine rings is 1. The van der Waals surface area contributed by atoms with Gasteiger partial charge in [-0.25, -0.2) is 0 Å². The standard InChI is InChI=1S/C27H31N3O5/c1-15(31)28-19-7-6-18-20-14-17-16(5-4-11-29-22(33)8-9-23(29)34)13-21(32)25-24(17)27(18,26(19)35-25)10-12-30(20,2)3/h4-5,8-9,13,18-20,26H,6-7,10-12,14H2,1-3H3,(H-,28,31,32)/p+1/b5-4+/t18?,19-,20+,26-,27-/m0/s1. The van der Waals surface area contributed by atoms with Crippen molar-refractivity contribution in [1.29, 1.82) is 0 Å². The Morgan fingerprint density at radius 1 is 1.29 bits per heavy atom. The van der Waals surface area contributed by atoms with Crippen molar-refractivity contribution < 1.29 is 28.7 Å². The number of amides is 3. The van der Waals surface area contributed by atoms with Crippen molar-refractivity contribution in [2.24, 2.45) is 5.92 Å². The van der Waals surface area contributed by atoms with Gasteiger partial charge in [0.05, 0.1) is 38.1 Å². The number of likely N-dealkylation sites (N-methyl/N-ethyl adjacent to an activating group) is 1. The molecule has 3 amide bonds. The number of aromatic hydroxyl groups is 1. The van der Waals surface area contributed by atoms with Crippen LogP contribution in [-0.4, -0.2) is 77.6 Å². The molecular formula is C27H32N3O5+. The number of nitrogens with zero attached hydrogens (tertiary/aromatic N) is 2. The number of hydrogen-bond acceptors (Lipinski definition) is 5. The monoisotopic (exact) mass is 478 g/mol. The van der Waals surface area contributed by atoms with Gasteiger partial charge in [-0.15, -0.1) is 0 Å². The summed E-state index contributed by atoms with van der Waals surface area (Å²) in [5, 5.41) is 14.2. The summed E-state index contributed by atoms with van der Waals surface area (Å²) in [6.45, 7) is 2.75. The Kier molecular flexibility index (Phi) is 4.75. The first-order valence-corrected chi connectivity index (χ1v) is 12.5. The second kappa shape index (κ2) is 7.43. The maximum absolute atomic E-state index is 12.0. The van der Waals surface area contributed by atoms with Crippen LogP contribution in [0.2, 0.25) is 0 Å². The van der Waals surface area contributed by atoms with Crippen LogP contribution in [-0.2, 0) is 26.2 Å². The molecule has 1 aromatic carbocycles. The second-order valence-electron chi connectivity index (χ2n) is 11.3. The molecule has 2 fully saturated rings. The van der Waals surface area contributed by atoms with Crippen LogP contribution >= 0.6 is 0 Å². The lowest BCUT2D eigenvalue weighted by molar-refractivity contribution is -0.927. The van der Waals surface area contributed by atoms with Crippen molar-refractivity contribution in [3.05, 3.63) is 41.0 Å². The molecule has 2 aliphatic carbocycles. The number of imide groups is 1. The molecule has 1 saturated heterocycles. The van der Waals surface area contributed by atoms with E-state index in [1.807, 2.05) is 12.2 Å². The fourth-order valence-corrected chi connectivity index (χ4v) is 7.69. The fraction of sp³-hybridized carbons (Fsp3) is 0.519. The van der Waals surface area contributed by atoms with Gasteiger partial charge in [-0.05, 0) is 30.0 Å². The minimum atomic E-state index is -0.310. The van der Waals surface area contributed by atoms with Crippen LogP contribution in [0.5, 0.6) is 11.5 Å². The summed E-state index contributed by atoms with van der Waals surface area (Å²) >= 11 is 0. The molecule has 8 nitrogen and oxygen atoms in total. The zero-order valence-electron chi connectivity index (χ0n) is 20.4. The number of quaternary nitrogens is 1. The molecule has 5 aliphatic rings. The third-order valence-electron chi connectivity index (χ3n) is 9.19. The van der Waals surface area contributed by atoms with E-state index < -0.39 is 0 Å². The van der Waals surface area contributed by atoms with E-state index >= 15 is 0 Å². The number of hydrogen-bond donors (Lipinski definition) is 2. The molecular weight excluding hydrogens is 446 g/mol. The maximum atomic E-state index is 12.0. The van der Waals surface area contributed by atoms with Crippen LogP contribution in [0.1, 0.15) is 42.9 Å². The number of carbonyl (C=O) groups excluding carboxylic acids is 3. The van der Waals surface area contributed by atoms with Gasteiger partial charge in [0.25, 0.3) is 11.8 Å². The SMILES string of the molecule is CC(=O)N[C@H]1CCC2[C@H]3Cc4c(/C=C/CN5C(=O)C=CC5=O)cc(O)c5c4[C@@]2(CC[N+]3(C)C)[C@H]1O5. The molecule has 6 rings (SSSR count). The first kappa shape index (κ1) is 22.3. The number of benzene rings is 1. The highest BCUT2D eigenvalue weighted by Crippen LogP contribution is 2.65. The highest BCUT2D eigenvalue weighted by Gasteiger charge is 2.68. The molecule has 0 radical (unpaired) electrons. The third kappa shape index (κ3) is 3.05. The molecule has 3 aliphatic heterocycles. The Balaban J connectivity index is 1.45. The largest absolute Gasteiger partial charge is 0.504 e. The molecule has 1 unspecified atom stereocenters. The van der Waals surface area contributed by atoms with E-state index in [2.05, 4.69) is 19.4 Å². The zero-order chi connectivity index (χ0) is 24.7. The Labute approximate surface area is 204 Å². The van der Waals surface area contributed by atoms with Gasteiger partial charge in [0.15, 0.2) is 11.5 Å². The van der Waals surface area contributed by atoms with Crippen LogP contribution in [0.15, 0.2) is 24.3 Å². The smallest absolute Gasteiger partial charge is 0.253 e. The molecule has 2 N–H and O–H groups in total. The van der Waals surface area contributed by atoms with Gasteiger partial charge in [-0.3, -0.25) is 19.3 Å². The van der Waals surface area contributed by atoms with E-state index in [0.29, 0.717) is 17.7 Å². The van der Waals surface area contributed by atoms with Crippen molar-refractivity contribution in [2.45, 2.75) is 56.2 Å². The number of phenols is 1. The Hall–Kier alpha value is -3.13. The van der Waals surface area contributed by atoms with Crippen LogP contribution in [0.3, 0.4) is 0 Å². The Morgan fingerprint density at radius 2 is 2.03 bits per heavy atom. The Morgan fingerprint density at radius 3 is 2.74 bits per heavy atom. The van der Waals surface area contributed by atoms with E-state index in [4.69, 9.17) is 4.74 Å². The van der Waals surface area contributed by atoms with Crippen LogP contribution in [0.25, 0.3) is 6.08 Å². The lowest BCUT2D eigenvalue weighted by Gasteiger charge is -2.61. The van der Waals surface area contributed by atoms with Crippen LogP contribution in [0, 0.1) is 5.92 Å². The summed E-state index contributed by atoms with van der Waals surface area (Å²) < 4.78 is 7.49. The zero-order valence-corrected chi connectivity index (χ0v) is 20.4. The topological polar surface area (TPSA) is 95.9 Å². The molecule has 2 bridgehead atoms. The van der Waals surface area contributed by atoms with Crippen molar-refractivity contribution in [3.8, 4) is 11.5 Å². The molecule has 8 heteroatoms. The normalized spacial score (nSPS) is 33.7. The number of phenolic OH excluding ortho intramolecular Hbond substituents is 1. The van der Waals surface area contributed by atoms with Gasteiger partial charge in [-0.2, -0.15) is 0 Å². The van der Waals surface area contributed by atoms with E-state index in [1.165, 1.54) is 22.6 Å². The summed E-state index contributed by atoms with van der Waals surface area (Å²) in [5.41, 5.74) is 2.97. The minimum Gasteiger partial charge on any atom is -0.504 e. The first-order valence-electron chi connectivity index (χ1n) is 12.5. The predicted octanol–water partition coefficient (Wildman–Crippen LogP) is 1.65. The van der Waals surface area contributed by atoms with E-state index in [1.54, 1.807) is 13.0 Å². The van der Waals surface area contributed by atoms with Crippen molar-refractivity contribution in [3.63, 3.8) is 0 Å². The van der Waals surface area contributed by atoms with Gasteiger partial charge < -0.3 is 19.6 Å². The van der Waals surface area contributed by atoms with Crippen molar-refractivity contribution in [2.75, 3.05) is 27.2 Å². The molecule has 35 heavy (non-hydrogen) atoms. The Bertz CT molecular complexity index is 1200. The lowest BCUT2D eigenvalue weighted by Crippen LogP contribution is -2.72. The maximum Gasteiger partial charge on any atom is 0.253 e. The minimum absolute atomic E-state index is 0.0581. The molecule has 0 aromatic heterocycles. The number of nitrogens with one attached hydrogen (secondary N) is 1. The summed E-state index contributed by atoms with van der Waals surface area (Å²) in [7, 11) is 4.61. The number of rotatable bonds is 4. The third-order valence-corrected chi connectivity index (χ3v) is 9.19.